The van der Waals surface area contributed by atoms with Crippen LogP contribution in [0.4, 0.5) is 0 Å². The Kier molecular flexibility index (Phi) is 3.73. The van der Waals surface area contributed by atoms with Gasteiger partial charge in [-0.2, -0.15) is 0 Å². The summed E-state index contributed by atoms with van der Waals surface area (Å²) in [6.45, 7) is 5.41. The maximum Gasteiger partial charge on any atom is 0.162 e. The molecule has 2 aromatic heterocycles. The minimum Gasteiger partial charge on any atom is -0.462 e. The van der Waals surface area contributed by atoms with Gasteiger partial charge in [0.15, 0.2) is 10.8 Å². The summed E-state index contributed by atoms with van der Waals surface area (Å²) in [5, 5.41) is 6.53. The Hall–Kier alpha value is -1.17. The lowest BCUT2D eigenvalue weighted by molar-refractivity contribution is 0.281. The molecule has 0 radical (unpaired) electrons. The lowest BCUT2D eigenvalue weighted by atomic mass is 10.3. The zero-order valence-electron chi connectivity index (χ0n) is 10.3. The van der Waals surface area contributed by atoms with E-state index in [2.05, 4.69) is 20.6 Å². The quantitative estimate of drug-likeness (QED) is 0.921. The van der Waals surface area contributed by atoms with Gasteiger partial charge in [-0.25, -0.2) is 4.98 Å². The first kappa shape index (κ1) is 11.9. The minimum absolute atomic E-state index is 0.865. The van der Waals surface area contributed by atoms with Crippen molar-refractivity contribution in [3.8, 4) is 10.8 Å². The van der Waals surface area contributed by atoms with E-state index in [1.54, 1.807) is 17.6 Å². The molecule has 0 bridgehead atoms. The van der Waals surface area contributed by atoms with Gasteiger partial charge in [0.1, 0.15) is 0 Å². The molecule has 1 N–H and O–H groups in total. The Balaban J connectivity index is 1.66. The third-order valence-corrected chi connectivity index (χ3v) is 4.01. The van der Waals surface area contributed by atoms with Crippen LogP contribution < -0.4 is 5.32 Å². The zero-order valence-corrected chi connectivity index (χ0v) is 11.1. The summed E-state index contributed by atoms with van der Waals surface area (Å²) in [7, 11) is 0. The van der Waals surface area contributed by atoms with Crippen LogP contribution in [0.25, 0.3) is 10.8 Å². The van der Waals surface area contributed by atoms with E-state index in [1.165, 1.54) is 6.42 Å². The largest absolute Gasteiger partial charge is 0.462 e. The van der Waals surface area contributed by atoms with Gasteiger partial charge in [-0.1, -0.05) is 0 Å². The number of nitrogens with zero attached hydrogens (tertiary/aromatic N) is 2. The molecule has 0 spiro atoms. The van der Waals surface area contributed by atoms with Gasteiger partial charge in [-0.15, -0.1) is 11.3 Å². The lowest BCUT2D eigenvalue weighted by Crippen LogP contribution is -2.27. The molecular formula is C13H17N3OS. The standard InChI is InChI=1S/C13H17N3OS/c1-3-12(17-8-1)13-15-11(10-18-13)9-16-6-2-4-14-5-7-16/h1,3,8,10,14H,2,4-7,9H2. The summed E-state index contributed by atoms with van der Waals surface area (Å²) in [6, 6.07) is 3.86. The van der Waals surface area contributed by atoms with Crippen molar-refractivity contribution in [1.29, 1.82) is 0 Å². The van der Waals surface area contributed by atoms with Gasteiger partial charge < -0.3 is 9.73 Å². The molecule has 3 heterocycles. The molecular weight excluding hydrogens is 246 g/mol. The van der Waals surface area contributed by atoms with Crippen molar-refractivity contribution in [2.24, 2.45) is 0 Å². The van der Waals surface area contributed by atoms with Crippen LogP contribution in [0.15, 0.2) is 28.2 Å². The highest BCUT2D eigenvalue weighted by molar-refractivity contribution is 7.13. The molecule has 0 atom stereocenters. The minimum atomic E-state index is 0.865. The van der Waals surface area contributed by atoms with Crippen LogP contribution in [0.1, 0.15) is 12.1 Å². The van der Waals surface area contributed by atoms with E-state index < -0.39 is 0 Å². The highest BCUT2D eigenvalue weighted by Gasteiger charge is 2.12. The fraction of sp³-hybridized carbons (Fsp3) is 0.462. The average Bonchev–Trinajstić information content (AvgIpc) is 2.98. The van der Waals surface area contributed by atoms with Crippen molar-refractivity contribution in [3.63, 3.8) is 0 Å². The molecule has 2 aromatic rings. The van der Waals surface area contributed by atoms with E-state index in [1.807, 2.05) is 12.1 Å². The Morgan fingerprint density at radius 2 is 2.39 bits per heavy atom. The van der Waals surface area contributed by atoms with Gasteiger partial charge in [0, 0.05) is 25.0 Å². The van der Waals surface area contributed by atoms with Gasteiger partial charge in [0.25, 0.3) is 0 Å². The highest BCUT2D eigenvalue weighted by atomic mass is 32.1. The smallest absolute Gasteiger partial charge is 0.162 e. The number of aromatic nitrogens is 1. The first-order valence-electron chi connectivity index (χ1n) is 6.33. The molecule has 1 aliphatic rings. The van der Waals surface area contributed by atoms with E-state index in [0.717, 1.165) is 49.2 Å². The van der Waals surface area contributed by atoms with Crippen molar-refractivity contribution < 1.29 is 4.42 Å². The Morgan fingerprint density at radius 1 is 1.39 bits per heavy atom. The third-order valence-electron chi connectivity index (χ3n) is 3.10. The van der Waals surface area contributed by atoms with Crippen molar-refractivity contribution >= 4 is 11.3 Å². The fourth-order valence-electron chi connectivity index (χ4n) is 2.18. The molecule has 1 saturated heterocycles. The molecule has 0 unspecified atom stereocenters. The highest BCUT2D eigenvalue weighted by Crippen LogP contribution is 2.24. The summed E-state index contributed by atoms with van der Waals surface area (Å²) in [5.41, 5.74) is 1.15. The van der Waals surface area contributed by atoms with Crippen molar-refractivity contribution in [1.82, 2.24) is 15.2 Å². The number of furan rings is 1. The number of thiazole rings is 1. The molecule has 5 heteroatoms. The van der Waals surface area contributed by atoms with Gasteiger partial charge in [0.05, 0.1) is 12.0 Å². The summed E-state index contributed by atoms with van der Waals surface area (Å²) < 4.78 is 5.37. The molecule has 1 fully saturated rings. The molecule has 96 valence electrons. The van der Waals surface area contributed by atoms with Crippen molar-refractivity contribution in [2.75, 3.05) is 26.2 Å². The fourth-order valence-corrected chi connectivity index (χ4v) is 2.96. The molecule has 0 aliphatic carbocycles. The molecule has 4 nitrogen and oxygen atoms in total. The van der Waals surface area contributed by atoms with Crippen LogP contribution in [0.5, 0.6) is 0 Å². The molecule has 18 heavy (non-hydrogen) atoms. The predicted octanol–water partition coefficient (Wildman–Crippen LogP) is 2.20. The predicted molar refractivity (Wildman–Crippen MR) is 72.6 cm³/mol. The van der Waals surface area contributed by atoms with Gasteiger partial charge in [-0.3, -0.25) is 4.90 Å². The summed E-state index contributed by atoms with van der Waals surface area (Å²) in [4.78, 5) is 7.10. The maximum atomic E-state index is 5.37. The molecule has 3 rings (SSSR count). The van der Waals surface area contributed by atoms with E-state index >= 15 is 0 Å². The van der Waals surface area contributed by atoms with Crippen LogP contribution in [0.3, 0.4) is 0 Å². The Morgan fingerprint density at radius 3 is 3.28 bits per heavy atom. The van der Waals surface area contributed by atoms with Crippen LogP contribution in [-0.4, -0.2) is 36.1 Å². The third kappa shape index (κ3) is 2.80. The van der Waals surface area contributed by atoms with Gasteiger partial charge in [-0.05, 0) is 31.6 Å². The Labute approximate surface area is 111 Å². The van der Waals surface area contributed by atoms with E-state index in [0.29, 0.717) is 0 Å². The van der Waals surface area contributed by atoms with Gasteiger partial charge in [0.2, 0.25) is 0 Å². The van der Waals surface area contributed by atoms with E-state index in [-0.39, 0.29) is 0 Å². The van der Waals surface area contributed by atoms with E-state index in [4.69, 9.17) is 4.42 Å². The van der Waals surface area contributed by atoms with Gasteiger partial charge >= 0.3 is 0 Å². The van der Waals surface area contributed by atoms with Crippen molar-refractivity contribution in [3.05, 3.63) is 29.5 Å². The maximum absolute atomic E-state index is 5.37. The second-order valence-corrected chi connectivity index (χ2v) is 5.36. The zero-order chi connectivity index (χ0) is 12.2. The summed E-state index contributed by atoms with van der Waals surface area (Å²) >= 11 is 1.65. The Bertz CT molecular complexity index is 472. The molecule has 0 aromatic carbocycles. The monoisotopic (exact) mass is 263 g/mol. The topological polar surface area (TPSA) is 41.3 Å². The number of nitrogens with one attached hydrogen (secondary N) is 1. The second kappa shape index (κ2) is 5.65. The normalized spacial score (nSPS) is 17.8. The van der Waals surface area contributed by atoms with Crippen molar-refractivity contribution in [2.45, 2.75) is 13.0 Å². The molecule has 0 saturated carbocycles. The van der Waals surface area contributed by atoms with Crippen LogP contribution in [0, 0.1) is 0 Å². The first-order valence-corrected chi connectivity index (χ1v) is 7.21. The van der Waals surface area contributed by atoms with Crippen LogP contribution in [0.2, 0.25) is 0 Å². The average molecular weight is 263 g/mol. The SMILES string of the molecule is c1coc(-c2nc(CN3CCCNCC3)cs2)c1. The first-order chi connectivity index (χ1) is 8.92. The summed E-state index contributed by atoms with van der Waals surface area (Å²) in [6.07, 6.45) is 2.91. The lowest BCUT2D eigenvalue weighted by Gasteiger charge is -2.17. The number of rotatable bonds is 3. The van der Waals surface area contributed by atoms with Crippen LogP contribution in [-0.2, 0) is 6.54 Å². The summed E-state index contributed by atoms with van der Waals surface area (Å²) in [5.74, 6) is 0.865. The second-order valence-electron chi connectivity index (χ2n) is 4.50. The molecule has 1 aliphatic heterocycles. The van der Waals surface area contributed by atoms with Crippen LogP contribution >= 0.6 is 11.3 Å². The molecule has 0 amide bonds. The van der Waals surface area contributed by atoms with E-state index in [9.17, 15) is 0 Å². The number of hydrogen-bond acceptors (Lipinski definition) is 5. The number of hydrogen-bond donors (Lipinski definition) is 1.